The average molecular weight is 234 g/mol. The van der Waals surface area contributed by atoms with E-state index in [4.69, 9.17) is 22.4 Å². The van der Waals surface area contributed by atoms with E-state index in [0.717, 1.165) is 12.1 Å². The summed E-state index contributed by atoms with van der Waals surface area (Å²) in [6.45, 7) is 0. The molecule has 0 bridgehead atoms. The number of primary amides is 1. The minimum atomic E-state index is -1.82. The highest BCUT2D eigenvalue weighted by atomic mass is 35.5. The Labute approximate surface area is 90.1 Å². The highest BCUT2D eigenvalue weighted by Crippen LogP contribution is 2.25. The summed E-state index contributed by atoms with van der Waals surface area (Å²) >= 11 is 5.65. The molecular weight excluding hydrogens is 225 g/mol. The van der Waals surface area contributed by atoms with Crippen LogP contribution in [0.25, 0.3) is 0 Å². The van der Waals surface area contributed by atoms with Gasteiger partial charge in [-0.2, -0.15) is 0 Å². The van der Waals surface area contributed by atoms with E-state index in [9.17, 15) is 14.3 Å². The molecule has 15 heavy (non-hydrogen) atoms. The average Bonchev–Trinajstić information content (AvgIpc) is 2.19. The molecule has 0 aromatic heterocycles. The predicted octanol–water partition coefficient (Wildman–Crippen LogP) is 0.359. The zero-order chi connectivity index (χ0) is 11.6. The van der Waals surface area contributed by atoms with Crippen LogP contribution >= 0.6 is 11.6 Å². The number of aliphatic hydroxyl groups excluding tert-OH is 2. The molecule has 0 fully saturated rings. The Hall–Kier alpha value is -1.17. The van der Waals surface area contributed by atoms with Crippen LogP contribution in [0.2, 0.25) is 5.02 Å². The van der Waals surface area contributed by atoms with Crippen LogP contribution in [0.4, 0.5) is 4.39 Å². The number of benzene rings is 1. The van der Waals surface area contributed by atoms with Crippen molar-refractivity contribution >= 4 is 17.5 Å². The number of hydrogen-bond acceptors (Lipinski definition) is 3. The molecular formula is C9H9ClFNO3. The quantitative estimate of drug-likeness (QED) is 0.705. The van der Waals surface area contributed by atoms with Gasteiger partial charge in [0.05, 0.1) is 0 Å². The third-order valence-corrected chi connectivity index (χ3v) is 2.21. The summed E-state index contributed by atoms with van der Waals surface area (Å²) in [4.78, 5) is 10.6. The Morgan fingerprint density at radius 1 is 1.47 bits per heavy atom. The van der Waals surface area contributed by atoms with Crippen LogP contribution in [-0.4, -0.2) is 22.2 Å². The summed E-state index contributed by atoms with van der Waals surface area (Å²) in [5.41, 5.74) is 4.70. The highest BCUT2D eigenvalue weighted by Gasteiger charge is 2.25. The monoisotopic (exact) mass is 233 g/mol. The van der Waals surface area contributed by atoms with E-state index in [2.05, 4.69) is 0 Å². The summed E-state index contributed by atoms with van der Waals surface area (Å²) < 4.78 is 12.8. The third kappa shape index (κ3) is 2.65. The molecule has 1 aromatic rings. The van der Waals surface area contributed by atoms with Crippen molar-refractivity contribution in [3.8, 4) is 0 Å². The van der Waals surface area contributed by atoms with Crippen molar-refractivity contribution in [3.63, 3.8) is 0 Å². The zero-order valence-electron chi connectivity index (χ0n) is 7.52. The molecule has 0 aliphatic rings. The van der Waals surface area contributed by atoms with Crippen molar-refractivity contribution in [1.82, 2.24) is 0 Å². The molecule has 0 heterocycles. The number of nitrogens with two attached hydrogens (primary N) is 1. The lowest BCUT2D eigenvalue weighted by molar-refractivity contribution is -0.131. The van der Waals surface area contributed by atoms with Crippen molar-refractivity contribution < 1.29 is 19.4 Å². The number of carbonyl (C=O) groups is 1. The molecule has 2 unspecified atom stereocenters. The van der Waals surface area contributed by atoms with Crippen molar-refractivity contribution in [2.45, 2.75) is 12.2 Å². The Morgan fingerprint density at radius 3 is 2.60 bits per heavy atom. The molecule has 0 aliphatic heterocycles. The summed E-state index contributed by atoms with van der Waals surface area (Å²) in [5.74, 6) is -1.74. The topological polar surface area (TPSA) is 83.6 Å². The predicted molar refractivity (Wildman–Crippen MR) is 51.6 cm³/mol. The lowest BCUT2D eigenvalue weighted by Crippen LogP contribution is -2.34. The molecule has 1 aromatic carbocycles. The highest BCUT2D eigenvalue weighted by molar-refractivity contribution is 6.31. The molecule has 6 heteroatoms. The van der Waals surface area contributed by atoms with Crippen molar-refractivity contribution in [2.24, 2.45) is 5.73 Å². The first-order chi connectivity index (χ1) is 6.93. The van der Waals surface area contributed by atoms with Gasteiger partial charge in [-0.05, 0) is 18.2 Å². The molecule has 2 atom stereocenters. The number of halogens is 2. The molecule has 0 saturated heterocycles. The number of amides is 1. The smallest absolute Gasteiger partial charge is 0.249 e. The molecule has 0 saturated carbocycles. The SMILES string of the molecule is NC(=O)C(O)C(O)c1cc(F)ccc1Cl. The van der Waals surface area contributed by atoms with Crippen LogP contribution in [0.15, 0.2) is 18.2 Å². The molecule has 4 nitrogen and oxygen atoms in total. The maximum absolute atomic E-state index is 12.8. The Balaban J connectivity index is 3.04. The molecule has 0 radical (unpaired) electrons. The first-order valence-corrected chi connectivity index (χ1v) is 4.41. The van der Waals surface area contributed by atoms with E-state index in [0.29, 0.717) is 0 Å². The maximum atomic E-state index is 12.8. The minimum Gasteiger partial charge on any atom is -0.385 e. The van der Waals surface area contributed by atoms with Gasteiger partial charge < -0.3 is 15.9 Å². The number of rotatable bonds is 3. The standard InChI is InChI=1S/C9H9ClFNO3/c10-6-2-1-4(11)3-5(6)7(13)8(14)9(12)15/h1-3,7-8,13-14H,(H2,12,15). The van der Waals surface area contributed by atoms with Crippen LogP contribution in [0.3, 0.4) is 0 Å². The van der Waals surface area contributed by atoms with E-state index in [1.807, 2.05) is 0 Å². The van der Waals surface area contributed by atoms with Crippen LogP contribution < -0.4 is 5.73 Å². The largest absolute Gasteiger partial charge is 0.385 e. The second kappa shape index (κ2) is 4.57. The fourth-order valence-corrected chi connectivity index (χ4v) is 1.30. The van der Waals surface area contributed by atoms with E-state index < -0.39 is 23.9 Å². The van der Waals surface area contributed by atoms with Gasteiger partial charge in [-0.25, -0.2) is 4.39 Å². The molecule has 1 rings (SSSR count). The Morgan fingerprint density at radius 2 is 2.07 bits per heavy atom. The van der Waals surface area contributed by atoms with Crippen LogP contribution in [-0.2, 0) is 4.79 Å². The lowest BCUT2D eigenvalue weighted by atomic mass is 10.0. The summed E-state index contributed by atoms with van der Waals surface area (Å²) in [7, 11) is 0. The van der Waals surface area contributed by atoms with Gasteiger partial charge in [-0.1, -0.05) is 11.6 Å². The first-order valence-electron chi connectivity index (χ1n) is 4.04. The second-order valence-corrected chi connectivity index (χ2v) is 3.37. The zero-order valence-corrected chi connectivity index (χ0v) is 8.28. The molecule has 1 amide bonds. The van der Waals surface area contributed by atoms with Crippen LogP contribution in [0.1, 0.15) is 11.7 Å². The molecule has 0 aliphatic carbocycles. The van der Waals surface area contributed by atoms with E-state index in [1.54, 1.807) is 0 Å². The summed E-state index contributed by atoms with van der Waals surface area (Å²) in [5, 5.41) is 18.7. The second-order valence-electron chi connectivity index (χ2n) is 2.96. The van der Waals surface area contributed by atoms with Gasteiger partial charge in [-0.3, -0.25) is 4.79 Å². The maximum Gasteiger partial charge on any atom is 0.249 e. The van der Waals surface area contributed by atoms with Gasteiger partial charge in [0.25, 0.3) is 0 Å². The lowest BCUT2D eigenvalue weighted by Gasteiger charge is -2.16. The normalized spacial score (nSPS) is 14.7. The summed E-state index contributed by atoms with van der Waals surface area (Å²) in [6.07, 6.45) is -3.45. The Kier molecular flexibility index (Phi) is 3.62. The molecule has 0 spiro atoms. The first kappa shape index (κ1) is 11.9. The number of aliphatic hydroxyl groups is 2. The van der Waals surface area contributed by atoms with Gasteiger partial charge in [0.2, 0.25) is 5.91 Å². The van der Waals surface area contributed by atoms with E-state index in [1.165, 1.54) is 6.07 Å². The van der Waals surface area contributed by atoms with Crippen LogP contribution in [0.5, 0.6) is 0 Å². The van der Waals surface area contributed by atoms with E-state index >= 15 is 0 Å². The van der Waals surface area contributed by atoms with Gasteiger partial charge in [0.1, 0.15) is 11.9 Å². The van der Waals surface area contributed by atoms with E-state index in [-0.39, 0.29) is 10.6 Å². The number of carbonyl (C=O) groups excluding carboxylic acids is 1. The third-order valence-electron chi connectivity index (χ3n) is 1.87. The fourth-order valence-electron chi connectivity index (χ4n) is 1.07. The van der Waals surface area contributed by atoms with Gasteiger partial charge in [0.15, 0.2) is 6.10 Å². The Bertz CT molecular complexity index is 386. The molecule has 82 valence electrons. The molecule has 4 N–H and O–H groups in total. The van der Waals surface area contributed by atoms with Gasteiger partial charge >= 0.3 is 0 Å². The van der Waals surface area contributed by atoms with Crippen molar-refractivity contribution in [3.05, 3.63) is 34.6 Å². The fraction of sp³-hybridized carbons (Fsp3) is 0.222. The van der Waals surface area contributed by atoms with Crippen molar-refractivity contribution in [1.29, 1.82) is 0 Å². The number of hydrogen-bond donors (Lipinski definition) is 3. The van der Waals surface area contributed by atoms with Gasteiger partial charge in [-0.15, -0.1) is 0 Å². The minimum absolute atomic E-state index is 0.0456. The van der Waals surface area contributed by atoms with Gasteiger partial charge in [0, 0.05) is 10.6 Å². The van der Waals surface area contributed by atoms with Crippen LogP contribution in [0, 0.1) is 5.82 Å². The van der Waals surface area contributed by atoms with Crippen molar-refractivity contribution in [2.75, 3.05) is 0 Å². The summed E-state index contributed by atoms with van der Waals surface area (Å²) in [6, 6.07) is 3.23.